The van der Waals surface area contributed by atoms with Gasteiger partial charge in [-0.2, -0.15) is 0 Å². The number of nitrogens with one attached hydrogen (secondary N) is 4. The van der Waals surface area contributed by atoms with Crippen LogP contribution in [-0.4, -0.2) is 43.1 Å². The van der Waals surface area contributed by atoms with Crippen LogP contribution in [0, 0.1) is 11.8 Å². The van der Waals surface area contributed by atoms with Crippen molar-refractivity contribution in [1.82, 2.24) is 20.9 Å². The van der Waals surface area contributed by atoms with Crippen LogP contribution in [0.5, 0.6) is 0 Å². The SMILES string of the molecule is C=CC(=C)c1ccc2sc(-c3c(NC(=O)CCNC4CC5CNCC5C4)sc4c3CCNC4)nc2c1.CC. The lowest BCUT2D eigenvalue weighted by molar-refractivity contribution is -0.116. The molecular formula is C30H39N5OS2. The highest BCUT2D eigenvalue weighted by Gasteiger charge is 2.36. The first-order valence-electron chi connectivity index (χ1n) is 13.9. The molecule has 4 N–H and O–H groups in total. The monoisotopic (exact) mass is 549 g/mol. The Morgan fingerprint density at radius 2 is 1.97 bits per heavy atom. The molecule has 6 nitrogen and oxygen atoms in total. The molecule has 1 saturated carbocycles. The molecule has 8 heteroatoms. The minimum absolute atomic E-state index is 0.0702. The predicted octanol–water partition coefficient (Wildman–Crippen LogP) is 5.81. The molecule has 1 aromatic carbocycles. The Hall–Kier alpha value is -2.36. The molecule has 2 aliphatic heterocycles. The second kappa shape index (κ2) is 12.2. The number of carbonyl (C=O) groups is 1. The molecule has 3 aromatic rings. The molecule has 0 spiro atoms. The Morgan fingerprint density at radius 3 is 2.74 bits per heavy atom. The van der Waals surface area contributed by atoms with Crippen molar-refractivity contribution in [2.24, 2.45) is 11.8 Å². The fourth-order valence-electron chi connectivity index (χ4n) is 5.91. The molecule has 2 atom stereocenters. The van der Waals surface area contributed by atoms with E-state index in [1.807, 2.05) is 13.8 Å². The number of benzene rings is 1. The first-order valence-corrected chi connectivity index (χ1v) is 15.5. The largest absolute Gasteiger partial charge is 0.317 e. The summed E-state index contributed by atoms with van der Waals surface area (Å²) in [5.74, 6) is 1.69. The predicted molar refractivity (Wildman–Crippen MR) is 163 cm³/mol. The van der Waals surface area contributed by atoms with Crippen LogP contribution in [0.15, 0.2) is 37.4 Å². The van der Waals surface area contributed by atoms with E-state index < -0.39 is 0 Å². The first kappa shape index (κ1) is 27.2. The van der Waals surface area contributed by atoms with Crippen molar-refractivity contribution in [3.63, 3.8) is 0 Å². The van der Waals surface area contributed by atoms with E-state index in [9.17, 15) is 4.79 Å². The van der Waals surface area contributed by atoms with Gasteiger partial charge in [0.25, 0.3) is 0 Å². The number of thiophene rings is 1. The number of amides is 1. The summed E-state index contributed by atoms with van der Waals surface area (Å²) in [7, 11) is 0. The highest BCUT2D eigenvalue weighted by atomic mass is 32.1. The van der Waals surface area contributed by atoms with E-state index in [4.69, 9.17) is 4.98 Å². The van der Waals surface area contributed by atoms with Gasteiger partial charge in [-0.25, -0.2) is 4.98 Å². The number of nitrogens with zero attached hydrogens (tertiary/aromatic N) is 1. The average molecular weight is 550 g/mol. The van der Waals surface area contributed by atoms with Gasteiger partial charge in [0.05, 0.1) is 10.2 Å². The van der Waals surface area contributed by atoms with E-state index in [2.05, 4.69) is 52.6 Å². The fourth-order valence-corrected chi connectivity index (χ4v) is 8.24. The number of hydrogen-bond acceptors (Lipinski definition) is 7. The van der Waals surface area contributed by atoms with E-state index in [0.717, 1.165) is 87.9 Å². The molecule has 2 unspecified atom stereocenters. The second-order valence-electron chi connectivity index (χ2n) is 10.2. The summed E-state index contributed by atoms with van der Waals surface area (Å²) in [6, 6.07) is 6.82. The second-order valence-corrected chi connectivity index (χ2v) is 12.3. The van der Waals surface area contributed by atoms with Crippen LogP contribution >= 0.6 is 22.7 Å². The molecule has 1 saturated heterocycles. The van der Waals surface area contributed by atoms with Crippen molar-refractivity contribution < 1.29 is 4.79 Å². The van der Waals surface area contributed by atoms with Crippen LogP contribution in [-0.2, 0) is 17.8 Å². The summed E-state index contributed by atoms with van der Waals surface area (Å²) in [5.41, 5.74) is 5.33. The molecule has 38 heavy (non-hydrogen) atoms. The number of thiazole rings is 1. The molecular weight excluding hydrogens is 510 g/mol. The standard InChI is InChI=1S/C28H33N5OS2.C2H6/c1-3-16(2)17-4-5-23-22(12-17)32-27(35-23)26-21-6-8-29-15-24(21)36-28(26)33-25(34)7-9-31-20-10-18-13-30-14-19(18)11-20;1-2/h3-5,12,18-20,29-31H,1-2,6-11,13-15H2,(H,33,34);1-2H3. The highest BCUT2D eigenvalue weighted by molar-refractivity contribution is 7.23. The number of carbonyl (C=O) groups excluding carboxylic acids is 1. The molecule has 2 fully saturated rings. The summed E-state index contributed by atoms with van der Waals surface area (Å²) >= 11 is 3.38. The number of hydrogen-bond donors (Lipinski definition) is 4. The maximum absolute atomic E-state index is 13.0. The van der Waals surface area contributed by atoms with Gasteiger partial charge in [-0.3, -0.25) is 4.79 Å². The van der Waals surface area contributed by atoms with Crippen LogP contribution in [0.25, 0.3) is 26.4 Å². The van der Waals surface area contributed by atoms with Crippen molar-refractivity contribution in [1.29, 1.82) is 0 Å². The molecule has 0 bridgehead atoms. The van der Waals surface area contributed by atoms with Crippen molar-refractivity contribution in [3.8, 4) is 10.6 Å². The van der Waals surface area contributed by atoms with Crippen LogP contribution in [0.4, 0.5) is 5.00 Å². The zero-order valence-electron chi connectivity index (χ0n) is 22.5. The Balaban J connectivity index is 0.00000144. The summed E-state index contributed by atoms with van der Waals surface area (Å²) < 4.78 is 1.14. The molecule has 2 aromatic heterocycles. The van der Waals surface area contributed by atoms with Gasteiger partial charge in [0.15, 0.2) is 0 Å². The molecule has 3 aliphatic rings. The lowest BCUT2D eigenvalue weighted by atomic mass is 10.0. The van der Waals surface area contributed by atoms with E-state index in [1.165, 1.54) is 23.3 Å². The van der Waals surface area contributed by atoms with Crippen LogP contribution < -0.4 is 21.3 Å². The summed E-state index contributed by atoms with van der Waals surface area (Å²) in [6.07, 6.45) is 5.67. The first-order chi connectivity index (χ1) is 18.6. The lowest BCUT2D eigenvalue weighted by Gasteiger charge is -2.14. The molecule has 0 radical (unpaired) electrons. The Morgan fingerprint density at radius 1 is 1.18 bits per heavy atom. The van der Waals surface area contributed by atoms with Gasteiger partial charge >= 0.3 is 0 Å². The number of fused-ring (bicyclic) bond motifs is 3. The smallest absolute Gasteiger partial charge is 0.226 e. The number of allylic oxidation sites excluding steroid dienone is 2. The van der Waals surface area contributed by atoms with Gasteiger partial charge in [0.1, 0.15) is 10.0 Å². The zero-order chi connectivity index (χ0) is 26.6. The third kappa shape index (κ3) is 5.65. The van der Waals surface area contributed by atoms with Gasteiger partial charge < -0.3 is 21.3 Å². The van der Waals surface area contributed by atoms with E-state index >= 15 is 0 Å². The van der Waals surface area contributed by atoms with Gasteiger partial charge in [0, 0.05) is 36.0 Å². The number of anilines is 1. The molecule has 1 amide bonds. The lowest BCUT2D eigenvalue weighted by Crippen LogP contribution is -2.31. The van der Waals surface area contributed by atoms with E-state index in [-0.39, 0.29) is 5.91 Å². The number of aromatic nitrogens is 1. The zero-order valence-corrected chi connectivity index (χ0v) is 24.1. The maximum Gasteiger partial charge on any atom is 0.226 e. The topological polar surface area (TPSA) is 78.1 Å². The normalized spacial score (nSPS) is 21.9. The molecule has 6 rings (SSSR count). The summed E-state index contributed by atoms with van der Waals surface area (Å²) in [6.45, 7) is 16.7. The minimum Gasteiger partial charge on any atom is -0.317 e. The van der Waals surface area contributed by atoms with Crippen molar-refractivity contribution >= 4 is 49.4 Å². The molecule has 202 valence electrons. The van der Waals surface area contributed by atoms with Crippen molar-refractivity contribution in [2.75, 3.05) is 31.5 Å². The number of rotatable bonds is 8. The fraction of sp³-hybridized carbons (Fsp3) is 0.467. The van der Waals surface area contributed by atoms with E-state index in [0.29, 0.717) is 12.5 Å². The average Bonchev–Trinajstić information content (AvgIpc) is 3.70. The van der Waals surface area contributed by atoms with Crippen LogP contribution in [0.2, 0.25) is 0 Å². The molecule has 1 aliphatic carbocycles. The quantitative estimate of drug-likeness (QED) is 0.267. The third-order valence-electron chi connectivity index (χ3n) is 7.84. The van der Waals surface area contributed by atoms with Crippen LogP contribution in [0.1, 0.15) is 49.1 Å². The van der Waals surface area contributed by atoms with Crippen molar-refractivity contribution in [3.05, 3.63) is 53.4 Å². The Bertz CT molecular complexity index is 1310. The highest BCUT2D eigenvalue weighted by Crippen LogP contribution is 2.45. The minimum atomic E-state index is 0.0702. The van der Waals surface area contributed by atoms with Gasteiger partial charge in [-0.1, -0.05) is 39.1 Å². The third-order valence-corrected chi connectivity index (χ3v) is 10.0. The van der Waals surface area contributed by atoms with E-state index in [1.54, 1.807) is 28.7 Å². The van der Waals surface area contributed by atoms with Gasteiger partial charge in [-0.05, 0) is 79.6 Å². The summed E-state index contributed by atoms with van der Waals surface area (Å²) in [4.78, 5) is 19.3. The Labute approximate surface area is 234 Å². The van der Waals surface area contributed by atoms with Gasteiger partial charge in [0.2, 0.25) is 5.91 Å². The molecule has 4 heterocycles. The summed E-state index contributed by atoms with van der Waals surface area (Å²) in [5, 5.41) is 15.8. The van der Waals surface area contributed by atoms with Crippen molar-refractivity contribution in [2.45, 2.75) is 52.1 Å². The van der Waals surface area contributed by atoms with Crippen LogP contribution in [0.3, 0.4) is 0 Å². The Kier molecular flexibility index (Phi) is 8.75. The van der Waals surface area contributed by atoms with Gasteiger partial charge in [-0.15, -0.1) is 22.7 Å². The maximum atomic E-state index is 13.0.